The Morgan fingerprint density at radius 3 is 2.23 bits per heavy atom. The number of hydrogen-bond donors (Lipinski definition) is 4. The van der Waals surface area contributed by atoms with E-state index in [0.717, 1.165) is 0 Å². The lowest BCUT2D eigenvalue weighted by Gasteiger charge is -2.33. The van der Waals surface area contributed by atoms with Crippen molar-refractivity contribution in [3.05, 3.63) is 54.1 Å². The van der Waals surface area contributed by atoms with Crippen molar-refractivity contribution in [1.82, 2.24) is 10.2 Å². The van der Waals surface area contributed by atoms with Crippen molar-refractivity contribution < 1.29 is 29.0 Å². The van der Waals surface area contributed by atoms with Gasteiger partial charge in [0.25, 0.3) is 5.91 Å². The molecule has 190 valence electrons. The summed E-state index contributed by atoms with van der Waals surface area (Å²) in [5.74, 6) is -0.637. The summed E-state index contributed by atoms with van der Waals surface area (Å²) in [4.78, 5) is 40.5. The molecule has 9 nitrogen and oxygen atoms in total. The molecule has 0 aromatic heterocycles. The smallest absolute Gasteiger partial charge is 0.408 e. The molecule has 0 saturated heterocycles. The number of nitrogens with one attached hydrogen (secondary N) is 2. The molecule has 0 aliphatic rings. The molecule has 2 unspecified atom stereocenters. The van der Waals surface area contributed by atoms with Gasteiger partial charge < -0.3 is 30.1 Å². The zero-order chi connectivity index (χ0) is 26.2. The molecule has 2 aromatic carbocycles. The summed E-state index contributed by atoms with van der Waals surface area (Å²) in [5.41, 5.74) is -0.0313. The summed E-state index contributed by atoms with van der Waals surface area (Å²) < 4.78 is 10.4. The summed E-state index contributed by atoms with van der Waals surface area (Å²) in [7, 11) is 1.54. The molecule has 35 heavy (non-hydrogen) atoms. The van der Waals surface area contributed by atoms with Gasteiger partial charge in [0.1, 0.15) is 29.2 Å². The Bertz CT molecular complexity index is 1020. The molecular formula is C25H33N3O6S. The lowest BCUT2D eigenvalue weighted by atomic mass is 10.0. The maximum absolute atomic E-state index is 13.5. The van der Waals surface area contributed by atoms with E-state index in [1.165, 1.54) is 18.1 Å². The average Bonchev–Trinajstić information content (AvgIpc) is 2.80. The van der Waals surface area contributed by atoms with E-state index >= 15 is 0 Å². The number of nitrogens with zero attached hydrogens (tertiary/aromatic N) is 1. The number of hydrogen-bond acceptors (Lipinski definition) is 7. The van der Waals surface area contributed by atoms with Crippen molar-refractivity contribution in [2.45, 2.75) is 45.4 Å². The average molecular weight is 504 g/mol. The molecule has 0 aliphatic heterocycles. The highest BCUT2D eigenvalue weighted by atomic mass is 32.1. The van der Waals surface area contributed by atoms with Gasteiger partial charge in [-0.15, -0.1) is 0 Å². The third kappa shape index (κ3) is 7.81. The van der Waals surface area contributed by atoms with Gasteiger partial charge in [0, 0.05) is 23.5 Å². The van der Waals surface area contributed by atoms with E-state index in [9.17, 15) is 19.5 Å². The zero-order valence-corrected chi connectivity index (χ0v) is 21.5. The fourth-order valence-electron chi connectivity index (χ4n) is 3.36. The highest BCUT2D eigenvalue weighted by Gasteiger charge is 2.36. The predicted molar refractivity (Wildman–Crippen MR) is 137 cm³/mol. The largest absolute Gasteiger partial charge is 0.508 e. The molecule has 10 heteroatoms. The number of methoxy groups -OCH3 is 1. The zero-order valence-electron chi connectivity index (χ0n) is 20.6. The quantitative estimate of drug-likeness (QED) is 0.387. The Morgan fingerprint density at radius 2 is 1.71 bits per heavy atom. The van der Waals surface area contributed by atoms with Crippen LogP contribution in [-0.4, -0.2) is 59.0 Å². The van der Waals surface area contributed by atoms with Gasteiger partial charge in [-0.3, -0.25) is 9.59 Å². The number of rotatable bonds is 9. The number of aromatic hydroxyl groups is 1. The molecule has 0 radical (unpaired) electrons. The standard InChI is InChI=1S/C25H33N3O6S/c1-6-28(23(31)19(15-35)27-24(32)34-25(2,3)4)21(18-9-7-8-10-20(18)29)22(30)26-16-11-13-17(33-5)14-12-16/h7-14,19,21,29,35H,6,15H2,1-5H3,(H,26,30)(H,27,32). The molecule has 0 heterocycles. The Morgan fingerprint density at radius 1 is 1.09 bits per heavy atom. The van der Waals surface area contributed by atoms with Gasteiger partial charge >= 0.3 is 6.09 Å². The van der Waals surface area contributed by atoms with Crippen LogP contribution < -0.4 is 15.4 Å². The van der Waals surface area contributed by atoms with Crippen LogP contribution in [-0.2, 0) is 14.3 Å². The lowest BCUT2D eigenvalue weighted by molar-refractivity contribution is -0.140. The fraction of sp³-hybridized carbons (Fsp3) is 0.400. The fourth-order valence-corrected chi connectivity index (χ4v) is 3.60. The molecule has 0 saturated carbocycles. The first-order valence-corrected chi connectivity index (χ1v) is 11.8. The van der Waals surface area contributed by atoms with Crippen LogP contribution in [0.3, 0.4) is 0 Å². The maximum Gasteiger partial charge on any atom is 0.408 e. The first-order chi connectivity index (χ1) is 16.5. The first-order valence-electron chi connectivity index (χ1n) is 11.1. The van der Waals surface area contributed by atoms with E-state index in [1.54, 1.807) is 70.2 Å². The van der Waals surface area contributed by atoms with Crippen molar-refractivity contribution in [2.75, 3.05) is 24.7 Å². The molecule has 3 N–H and O–H groups in total. The van der Waals surface area contributed by atoms with Crippen molar-refractivity contribution in [3.8, 4) is 11.5 Å². The number of likely N-dealkylation sites (N-methyl/N-ethyl adjacent to an activating group) is 1. The molecule has 0 bridgehead atoms. The number of anilines is 1. The number of benzene rings is 2. The van der Waals surface area contributed by atoms with Gasteiger partial charge in [0.2, 0.25) is 5.91 Å². The van der Waals surface area contributed by atoms with Crippen LogP contribution in [0.2, 0.25) is 0 Å². The van der Waals surface area contributed by atoms with Gasteiger partial charge in [-0.1, -0.05) is 18.2 Å². The predicted octanol–water partition coefficient (Wildman–Crippen LogP) is 3.75. The van der Waals surface area contributed by atoms with E-state index < -0.39 is 35.6 Å². The Kier molecular flexibility index (Phi) is 9.82. The second-order valence-corrected chi connectivity index (χ2v) is 9.05. The number of phenolic OH excluding ortho intramolecular Hbond substituents is 1. The molecule has 0 aliphatic carbocycles. The van der Waals surface area contributed by atoms with Crippen LogP contribution in [0, 0.1) is 0 Å². The van der Waals surface area contributed by atoms with Crippen molar-refractivity contribution in [3.63, 3.8) is 0 Å². The number of para-hydroxylation sites is 1. The van der Waals surface area contributed by atoms with Crippen molar-refractivity contribution in [2.24, 2.45) is 0 Å². The second-order valence-electron chi connectivity index (χ2n) is 8.68. The topological polar surface area (TPSA) is 117 Å². The summed E-state index contributed by atoms with van der Waals surface area (Å²) in [6, 6.07) is 10.8. The van der Waals surface area contributed by atoms with E-state index in [2.05, 4.69) is 23.3 Å². The number of phenols is 1. The first kappa shape index (κ1) is 27.8. The summed E-state index contributed by atoms with van der Waals surface area (Å²) in [6.07, 6.45) is -0.775. The van der Waals surface area contributed by atoms with Crippen LogP contribution in [0.1, 0.15) is 39.3 Å². The highest BCUT2D eigenvalue weighted by molar-refractivity contribution is 7.80. The molecule has 2 atom stereocenters. The van der Waals surface area contributed by atoms with Crippen LogP contribution in [0.5, 0.6) is 11.5 Å². The maximum atomic E-state index is 13.5. The number of carbonyl (C=O) groups excluding carboxylic acids is 3. The van der Waals surface area contributed by atoms with Crippen LogP contribution in [0.25, 0.3) is 0 Å². The minimum Gasteiger partial charge on any atom is -0.508 e. The minimum absolute atomic E-state index is 0.0256. The molecule has 3 amide bonds. The van der Waals surface area contributed by atoms with Crippen molar-refractivity contribution in [1.29, 1.82) is 0 Å². The van der Waals surface area contributed by atoms with E-state index in [4.69, 9.17) is 9.47 Å². The Balaban J connectivity index is 2.38. The van der Waals surface area contributed by atoms with Gasteiger partial charge in [-0.25, -0.2) is 4.79 Å². The summed E-state index contributed by atoms with van der Waals surface area (Å²) >= 11 is 4.22. The van der Waals surface area contributed by atoms with E-state index in [-0.39, 0.29) is 23.6 Å². The SMILES string of the molecule is CCN(C(=O)C(CS)NC(=O)OC(C)(C)C)C(C(=O)Nc1ccc(OC)cc1)c1ccccc1O. The minimum atomic E-state index is -1.18. The lowest BCUT2D eigenvalue weighted by Crippen LogP contribution is -2.53. The van der Waals surface area contributed by atoms with Crippen LogP contribution in [0.15, 0.2) is 48.5 Å². The summed E-state index contributed by atoms with van der Waals surface area (Å²) in [6.45, 7) is 6.95. The number of amides is 3. The molecule has 0 spiro atoms. The monoisotopic (exact) mass is 503 g/mol. The third-order valence-electron chi connectivity index (χ3n) is 4.94. The number of carbonyl (C=O) groups is 3. The van der Waals surface area contributed by atoms with Crippen LogP contribution in [0.4, 0.5) is 10.5 Å². The summed E-state index contributed by atoms with van der Waals surface area (Å²) in [5, 5.41) is 15.8. The number of thiol groups is 1. The Hall–Kier alpha value is -3.40. The van der Waals surface area contributed by atoms with Crippen LogP contribution >= 0.6 is 12.6 Å². The normalized spacial score (nSPS) is 12.7. The molecule has 0 fully saturated rings. The second kappa shape index (κ2) is 12.3. The molecular weight excluding hydrogens is 470 g/mol. The van der Waals surface area contributed by atoms with Crippen molar-refractivity contribution >= 4 is 36.2 Å². The van der Waals surface area contributed by atoms with Gasteiger partial charge in [-0.2, -0.15) is 12.6 Å². The van der Waals surface area contributed by atoms with E-state index in [1.807, 2.05) is 0 Å². The van der Waals surface area contributed by atoms with Gasteiger partial charge in [-0.05, 0) is 58.0 Å². The highest BCUT2D eigenvalue weighted by Crippen LogP contribution is 2.31. The molecule has 2 aromatic rings. The number of ether oxygens (including phenoxy) is 2. The third-order valence-corrected chi connectivity index (χ3v) is 5.31. The van der Waals surface area contributed by atoms with Gasteiger partial charge in [0.05, 0.1) is 7.11 Å². The van der Waals surface area contributed by atoms with Gasteiger partial charge in [0.15, 0.2) is 0 Å². The number of alkyl carbamates (subject to hydrolysis) is 1. The molecule has 2 rings (SSSR count). The van der Waals surface area contributed by atoms with E-state index in [0.29, 0.717) is 11.4 Å². The Labute approximate surface area is 211 Å².